The maximum atomic E-state index is 8.75. The van der Waals surface area contributed by atoms with Gasteiger partial charge in [0.25, 0.3) is 0 Å². The van der Waals surface area contributed by atoms with Crippen LogP contribution in [-0.4, -0.2) is 35.3 Å². The standard InChI is InChI=1S/C10H18N4O/c1-8(3-4-15)5-13-10-7-12-6-9(11-2)14-10/h6-8,15H,3-5H2,1-2H3,(H2,11,13,14). The Morgan fingerprint density at radius 3 is 2.80 bits per heavy atom. The Bertz CT molecular complexity index is 293. The van der Waals surface area contributed by atoms with Gasteiger partial charge in [-0.1, -0.05) is 6.92 Å². The Hall–Kier alpha value is -1.36. The smallest absolute Gasteiger partial charge is 0.146 e. The van der Waals surface area contributed by atoms with Crippen molar-refractivity contribution in [1.82, 2.24) is 9.97 Å². The fourth-order valence-corrected chi connectivity index (χ4v) is 1.17. The number of hydrogen-bond acceptors (Lipinski definition) is 5. The first-order chi connectivity index (χ1) is 7.26. The van der Waals surface area contributed by atoms with Gasteiger partial charge in [0.15, 0.2) is 0 Å². The fraction of sp³-hybridized carbons (Fsp3) is 0.600. The maximum absolute atomic E-state index is 8.75. The van der Waals surface area contributed by atoms with Crippen molar-refractivity contribution < 1.29 is 5.11 Å². The van der Waals surface area contributed by atoms with Crippen molar-refractivity contribution >= 4 is 11.6 Å². The summed E-state index contributed by atoms with van der Waals surface area (Å²) in [6.45, 7) is 3.10. The number of hydrogen-bond donors (Lipinski definition) is 3. The molecule has 0 radical (unpaired) electrons. The molecule has 1 aromatic rings. The molecule has 0 spiro atoms. The number of rotatable bonds is 6. The third-order valence-electron chi connectivity index (χ3n) is 2.14. The van der Waals surface area contributed by atoms with Gasteiger partial charge in [-0.3, -0.25) is 4.98 Å². The number of anilines is 2. The summed E-state index contributed by atoms with van der Waals surface area (Å²) in [5.41, 5.74) is 0. The van der Waals surface area contributed by atoms with Crippen LogP contribution in [0.25, 0.3) is 0 Å². The Morgan fingerprint density at radius 1 is 1.40 bits per heavy atom. The molecule has 0 bridgehead atoms. The fourth-order valence-electron chi connectivity index (χ4n) is 1.17. The molecule has 0 saturated carbocycles. The maximum Gasteiger partial charge on any atom is 0.146 e. The van der Waals surface area contributed by atoms with Gasteiger partial charge in [0.05, 0.1) is 12.4 Å². The highest BCUT2D eigenvalue weighted by Gasteiger charge is 2.02. The molecule has 1 rings (SSSR count). The largest absolute Gasteiger partial charge is 0.396 e. The predicted molar refractivity (Wildman–Crippen MR) is 60.9 cm³/mol. The van der Waals surface area contributed by atoms with Crippen molar-refractivity contribution in [2.45, 2.75) is 13.3 Å². The first kappa shape index (κ1) is 11.7. The van der Waals surface area contributed by atoms with Gasteiger partial charge in [0.1, 0.15) is 11.6 Å². The van der Waals surface area contributed by atoms with E-state index in [9.17, 15) is 0 Å². The first-order valence-electron chi connectivity index (χ1n) is 5.10. The van der Waals surface area contributed by atoms with Gasteiger partial charge < -0.3 is 15.7 Å². The monoisotopic (exact) mass is 210 g/mol. The van der Waals surface area contributed by atoms with Crippen LogP contribution in [0.2, 0.25) is 0 Å². The molecule has 0 aromatic carbocycles. The van der Waals surface area contributed by atoms with Crippen LogP contribution in [0.3, 0.4) is 0 Å². The zero-order valence-corrected chi connectivity index (χ0v) is 9.20. The molecule has 0 aliphatic carbocycles. The molecule has 5 nitrogen and oxygen atoms in total. The third kappa shape index (κ3) is 4.12. The molecule has 3 N–H and O–H groups in total. The van der Waals surface area contributed by atoms with E-state index in [4.69, 9.17) is 5.11 Å². The van der Waals surface area contributed by atoms with Gasteiger partial charge >= 0.3 is 0 Å². The molecular weight excluding hydrogens is 192 g/mol. The van der Waals surface area contributed by atoms with Crippen LogP contribution in [0.4, 0.5) is 11.6 Å². The van der Waals surface area contributed by atoms with Crippen molar-refractivity contribution in [2.75, 3.05) is 30.8 Å². The molecule has 1 unspecified atom stereocenters. The van der Waals surface area contributed by atoms with Gasteiger partial charge in [0, 0.05) is 20.2 Å². The average molecular weight is 210 g/mol. The molecule has 0 aliphatic rings. The van der Waals surface area contributed by atoms with E-state index >= 15 is 0 Å². The van der Waals surface area contributed by atoms with E-state index in [-0.39, 0.29) is 6.61 Å². The van der Waals surface area contributed by atoms with Gasteiger partial charge in [-0.25, -0.2) is 4.98 Å². The summed E-state index contributed by atoms with van der Waals surface area (Å²) >= 11 is 0. The minimum absolute atomic E-state index is 0.227. The van der Waals surface area contributed by atoms with Crippen molar-refractivity contribution in [3.8, 4) is 0 Å². The molecule has 0 fully saturated rings. The minimum atomic E-state index is 0.227. The van der Waals surface area contributed by atoms with Gasteiger partial charge in [0.2, 0.25) is 0 Å². The SMILES string of the molecule is CNc1cncc(NCC(C)CCO)n1. The van der Waals surface area contributed by atoms with Crippen LogP contribution >= 0.6 is 0 Å². The molecule has 1 aromatic heterocycles. The van der Waals surface area contributed by atoms with Crippen molar-refractivity contribution in [3.05, 3.63) is 12.4 Å². The Balaban J connectivity index is 2.43. The van der Waals surface area contributed by atoms with Gasteiger partial charge in [-0.05, 0) is 12.3 Å². The van der Waals surface area contributed by atoms with Crippen LogP contribution < -0.4 is 10.6 Å². The third-order valence-corrected chi connectivity index (χ3v) is 2.14. The molecular formula is C10H18N4O. The summed E-state index contributed by atoms with van der Waals surface area (Å²) in [5, 5.41) is 14.9. The van der Waals surface area contributed by atoms with Crippen LogP contribution in [0.1, 0.15) is 13.3 Å². The van der Waals surface area contributed by atoms with E-state index in [1.807, 2.05) is 7.05 Å². The number of aromatic nitrogens is 2. The topological polar surface area (TPSA) is 70.1 Å². The van der Waals surface area contributed by atoms with Crippen LogP contribution in [-0.2, 0) is 0 Å². The zero-order chi connectivity index (χ0) is 11.1. The van der Waals surface area contributed by atoms with Crippen molar-refractivity contribution in [1.29, 1.82) is 0 Å². The Kier molecular flexibility index (Phi) is 4.83. The molecule has 5 heteroatoms. The van der Waals surface area contributed by atoms with Crippen LogP contribution in [0, 0.1) is 5.92 Å². The summed E-state index contributed by atoms with van der Waals surface area (Å²) in [5.74, 6) is 1.93. The highest BCUT2D eigenvalue weighted by Crippen LogP contribution is 2.07. The van der Waals surface area contributed by atoms with E-state index in [0.717, 1.165) is 24.6 Å². The molecule has 0 saturated heterocycles. The van der Waals surface area contributed by atoms with E-state index in [1.165, 1.54) is 0 Å². The average Bonchev–Trinajstić information content (AvgIpc) is 2.27. The van der Waals surface area contributed by atoms with Crippen molar-refractivity contribution in [2.24, 2.45) is 5.92 Å². The number of aliphatic hydroxyl groups excluding tert-OH is 1. The molecule has 15 heavy (non-hydrogen) atoms. The lowest BCUT2D eigenvalue weighted by atomic mass is 10.1. The van der Waals surface area contributed by atoms with E-state index in [2.05, 4.69) is 27.5 Å². The van der Waals surface area contributed by atoms with Gasteiger partial charge in [-0.2, -0.15) is 0 Å². The van der Waals surface area contributed by atoms with Gasteiger partial charge in [-0.15, -0.1) is 0 Å². The molecule has 1 atom stereocenters. The normalized spacial score (nSPS) is 12.2. The number of nitrogens with zero attached hydrogens (tertiary/aromatic N) is 2. The second-order valence-electron chi connectivity index (χ2n) is 3.54. The lowest BCUT2D eigenvalue weighted by Crippen LogP contribution is -2.13. The first-order valence-corrected chi connectivity index (χ1v) is 5.10. The van der Waals surface area contributed by atoms with E-state index in [0.29, 0.717) is 5.92 Å². The quantitative estimate of drug-likeness (QED) is 0.652. The van der Waals surface area contributed by atoms with Crippen LogP contribution in [0.5, 0.6) is 0 Å². The molecule has 0 amide bonds. The zero-order valence-electron chi connectivity index (χ0n) is 9.20. The summed E-state index contributed by atoms with van der Waals surface area (Å²) in [4.78, 5) is 8.32. The molecule has 1 heterocycles. The molecule has 84 valence electrons. The van der Waals surface area contributed by atoms with Crippen molar-refractivity contribution in [3.63, 3.8) is 0 Å². The Morgan fingerprint density at radius 2 is 2.13 bits per heavy atom. The Labute approximate surface area is 90.0 Å². The van der Waals surface area contributed by atoms with E-state index < -0.39 is 0 Å². The van der Waals surface area contributed by atoms with E-state index in [1.54, 1.807) is 12.4 Å². The summed E-state index contributed by atoms with van der Waals surface area (Å²) in [6, 6.07) is 0. The second-order valence-corrected chi connectivity index (χ2v) is 3.54. The predicted octanol–water partition coefficient (Wildman–Crippen LogP) is 0.949. The number of aliphatic hydroxyl groups is 1. The minimum Gasteiger partial charge on any atom is -0.396 e. The highest BCUT2D eigenvalue weighted by molar-refractivity contribution is 5.40. The lowest BCUT2D eigenvalue weighted by Gasteiger charge is -2.11. The number of nitrogens with one attached hydrogen (secondary N) is 2. The molecule has 0 aliphatic heterocycles. The second kappa shape index (κ2) is 6.19. The van der Waals surface area contributed by atoms with Crippen LogP contribution in [0.15, 0.2) is 12.4 Å². The highest BCUT2D eigenvalue weighted by atomic mass is 16.3. The summed E-state index contributed by atoms with van der Waals surface area (Å²) in [6.07, 6.45) is 4.15. The summed E-state index contributed by atoms with van der Waals surface area (Å²) in [7, 11) is 1.81. The lowest BCUT2D eigenvalue weighted by molar-refractivity contribution is 0.266. The summed E-state index contributed by atoms with van der Waals surface area (Å²) < 4.78 is 0.